The molecule has 0 aromatic heterocycles. The first-order chi connectivity index (χ1) is 11.9. The van der Waals surface area contributed by atoms with Crippen LogP contribution in [0, 0.1) is 6.92 Å². The lowest BCUT2D eigenvalue weighted by molar-refractivity contribution is -0.119. The van der Waals surface area contributed by atoms with Crippen LogP contribution in [0.1, 0.15) is 26.3 Å². The molecule has 0 spiro atoms. The summed E-state index contributed by atoms with van der Waals surface area (Å²) in [5, 5.41) is 2.61. The zero-order chi connectivity index (χ0) is 18.4. The minimum atomic E-state index is -0.554. The molecule has 0 saturated carbocycles. The van der Waals surface area contributed by atoms with Crippen molar-refractivity contribution in [1.29, 1.82) is 0 Å². The van der Waals surface area contributed by atoms with Crippen molar-refractivity contribution in [1.82, 2.24) is 4.90 Å². The van der Waals surface area contributed by atoms with Crippen LogP contribution in [-0.4, -0.2) is 43.4 Å². The number of anilines is 1. The highest BCUT2D eigenvalue weighted by Crippen LogP contribution is 2.11. The second kappa shape index (κ2) is 8.10. The highest BCUT2D eigenvalue weighted by molar-refractivity contribution is 5.97. The quantitative estimate of drug-likeness (QED) is 0.849. The zero-order valence-electron chi connectivity index (χ0n) is 14.4. The largest absolute Gasteiger partial charge is 0.452 e. The molecule has 0 unspecified atom stereocenters. The molecule has 6 heteroatoms. The highest BCUT2D eigenvalue weighted by atomic mass is 16.5. The molecule has 6 nitrogen and oxygen atoms in total. The number of hydrogen-bond acceptors (Lipinski definition) is 4. The number of carbonyl (C=O) groups excluding carboxylic acids is 3. The monoisotopic (exact) mass is 340 g/mol. The Labute approximate surface area is 146 Å². The van der Waals surface area contributed by atoms with E-state index in [1.54, 1.807) is 62.6 Å². The van der Waals surface area contributed by atoms with Gasteiger partial charge in [-0.3, -0.25) is 9.59 Å². The van der Waals surface area contributed by atoms with E-state index in [-0.39, 0.29) is 12.5 Å². The topological polar surface area (TPSA) is 75.7 Å². The van der Waals surface area contributed by atoms with Crippen molar-refractivity contribution in [3.63, 3.8) is 0 Å². The van der Waals surface area contributed by atoms with Crippen LogP contribution in [0.5, 0.6) is 0 Å². The van der Waals surface area contributed by atoms with E-state index in [0.717, 1.165) is 5.56 Å². The van der Waals surface area contributed by atoms with Gasteiger partial charge >= 0.3 is 5.97 Å². The maximum absolute atomic E-state index is 11.9. The number of hydrogen-bond donors (Lipinski definition) is 1. The minimum Gasteiger partial charge on any atom is -0.452 e. The Morgan fingerprint density at radius 1 is 0.920 bits per heavy atom. The van der Waals surface area contributed by atoms with Gasteiger partial charge in [0, 0.05) is 25.3 Å². The lowest BCUT2D eigenvalue weighted by Gasteiger charge is -2.11. The fourth-order valence-electron chi connectivity index (χ4n) is 2.06. The van der Waals surface area contributed by atoms with E-state index in [0.29, 0.717) is 16.8 Å². The van der Waals surface area contributed by atoms with Crippen molar-refractivity contribution in [2.75, 3.05) is 26.0 Å². The predicted molar refractivity (Wildman–Crippen MR) is 94.6 cm³/mol. The van der Waals surface area contributed by atoms with E-state index < -0.39 is 11.9 Å². The molecular formula is C19H20N2O4. The van der Waals surface area contributed by atoms with Crippen molar-refractivity contribution < 1.29 is 19.1 Å². The number of carbonyl (C=O) groups is 3. The van der Waals surface area contributed by atoms with Crippen LogP contribution in [0.25, 0.3) is 0 Å². The number of ether oxygens (including phenoxy) is 1. The molecule has 25 heavy (non-hydrogen) atoms. The molecule has 130 valence electrons. The number of rotatable bonds is 5. The number of benzene rings is 2. The van der Waals surface area contributed by atoms with Gasteiger partial charge in [-0.25, -0.2) is 4.79 Å². The first kappa shape index (κ1) is 18.2. The number of nitrogens with one attached hydrogen (secondary N) is 1. The van der Waals surface area contributed by atoms with E-state index >= 15 is 0 Å². The summed E-state index contributed by atoms with van der Waals surface area (Å²) in [6, 6.07) is 13.4. The van der Waals surface area contributed by atoms with Gasteiger partial charge < -0.3 is 15.0 Å². The SMILES string of the molecule is Cc1ccc(C(=O)OCC(=O)Nc2ccc(C(=O)N(C)C)cc2)cc1. The molecule has 0 fully saturated rings. The molecule has 0 atom stereocenters. The molecule has 0 bridgehead atoms. The Kier molecular flexibility index (Phi) is 5.89. The van der Waals surface area contributed by atoms with Gasteiger partial charge in [0.05, 0.1) is 5.56 Å². The summed E-state index contributed by atoms with van der Waals surface area (Å²) >= 11 is 0. The van der Waals surface area contributed by atoms with Crippen molar-refractivity contribution in [2.24, 2.45) is 0 Å². The Balaban J connectivity index is 1.86. The lowest BCUT2D eigenvalue weighted by Crippen LogP contribution is -2.22. The molecule has 2 amide bonds. The summed E-state index contributed by atoms with van der Waals surface area (Å²) in [4.78, 5) is 37.0. The average Bonchev–Trinajstić information content (AvgIpc) is 2.60. The molecular weight excluding hydrogens is 320 g/mol. The van der Waals surface area contributed by atoms with Crippen molar-refractivity contribution in [3.05, 3.63) is 65.2 Å². The van der Waals surface area contributed by atoms with Gasteiger partial charge in [0.15, 0.2) is 6.61 Å². The Hall–Kier alpha value is -3.15. The molecule has 2 aromatic carbocycles. The molecule has 2 aromatic rings. The van der Waals surface area contributed by atoms with Gasteiger partial charge in [0.2, 0.25) is 0 Å². The van der Waals surface area contributed by atoms with Gasteiger partial charge in [-0.05, 0) is 43.3 Å². The summed E-state index contributed by atoms with van der Waals surface area (Å²) in [5.74, 6) is -1.13. The summed E-state index contributed by atoms with van der Waals surface area (Å²) in [7, 11) is 3.33. The molecule has 0 aliphatic rings. The van der Waals surface area contributed by atoms with Crippen LogP contribution >= 0.6 is 0 Å². The summed E-state index contributed by atoms with van der Waals surface area (Å²) in [6.07, 6.45) is 0. The Morgan fingerprint density at radius 3 is 2.04 bits per heavy atom. The van der Waals surface area contributed by atoms with Crippen LogP contribution < -0.4 is 5.32 Å². The Bertz CT molecular complexity index is 765. The van der Waals surface area contributed by atoms with Gasteiger partial charge in [-0.2, -0.15) is 0 Å². The fraction of sp³-hybridized carbons (Fsp3) is 0.211. The molecule has 0 heterocycles. The van der Waals surface area contributed by atoms with Crippen LogP contribution in [-0.2, 0) is 9.53 Å². The van der Waals surface area contributed by atoms with Gasteiger partial charge in [-0.1, -0.05) is 17.7 Å². The number of amides is 2. The third-order valence-electron chi connectivity index (χ3n) is 3.44. The smallest absolute Gasteiger partial charge is 0.338 e. The number of esters is 1. The molecule has 0 radical (unpaired) electrons. The summed E-state index contributed by atoms with van der Waals surface area (Å²) < 4.78 is 4.98. The zero-order valence-corrected chi connectivity index (χ0v) is 14.4. The number of nitrogens with zero attached hydrogens (tertiary/aromatic N) is 1. The predicted octanol–water partition coefficient (Wildman–Crippen LogP) is 2.49. The third-order valence-corrected chi connectivity index (χ3v) is 3.44. The standard InChI is InChI=1S/C19H20N2O4/c1-13-4-6-15(7-5-13)19(24)25-12-17(22)20-16-10-8-14(9-11-16)18(23)21(2)3/h4-11H,12H2,1-3H3,(H,20,22). The van der Waals surface area contributed by atoms with Gasteiger partial charge in [0.25, 0.3) is 11.8 Å². The normalized spacial score (nSPS) is 10.0. The average molecular weight is 340 g/mol. The minimum absolute atomic E-state index is 0.120. The van der Waals surface area contributed by atoms with Gasteiger partial charge in [0.1, 0.15) is 0 Å². The first-order valence-electron chi connectivity index (χ1n) is 7.72. The van der Waals surface area contributed by atoms with E-state index in [1.807, 2.05) is 6.92 Å². The molecule has 0 aliphatic carbocycles. The molecule has 2 rings (SSSR count). The molecule has 0 aliphatic heterocycles. The molecule has 1 N–H and O–H groups in total. The second-order valence-corrected chi connectivity index (χ2v) is 5.77. The maximum Gasteiger partial charge on any atom is 0.338 e. The van der Waals surface area contributed by atoms with Crippen LogP contribution in [0.2, 0.25) is 0 Å². The van der Waals surface area contributed by atoms with Crippen LogP contribution in [0.4, 0.5) is 5.69 Å². The molecule has 0 saturated heterocycles. The van der Waals surface area contributed by atoms with E-state index in [4.69, 9.17) is 4.74 Å². The second-order valence-electron chi connectivity index (χ2n) is 5.77. The van der Waals surface area contributed by atoms with E-state index in [9.17, 15) is 14.4 Å². The van der Waals surface area contributed by atoms with Crippen LogP contribution in [0.3, 0.4) is 0 Å². The fourth-order valence-corrected chi connectivity index (χ4v) is 2.06. The van der Waals surface area contributed by atoms with Crippen LogP contribution in [0.15, 0.2) is 48.5 Å². The van der Waals surface area contributed by atoms with E-state index in [2.05, 4.69) is 5.32 Å². The summed E-state index contributed by atoms with van der Waals surface area (Å²) in [6.45, 7) is 1.53. The van der Waals surface area contributed by atoms with Crippen molar-refractivity contribution in [2.45, 2.75) is 6.92 Å². The summed E-state index contributed by atoms with van der Waals surface area (Å²) in [5.41, 5.74) is 2.47. The number of aryl methyl sites for hydroxylation is 1. The maximum atomic E-state index is 11.9. The van der Waals surface area contributed by atoms with Crippen molar-refractivity contribution >= 4 is 23.5 Å². The van der Waals surface area contributed by atoms with Crippen molar-refractivity contribution in [3.8, 4) is 0 Å². The highest BCUT2D eigenvalue weighted by Gasteiger charge is 2.11. The third kappa shape index (κ3) is 5.17. The lowest BCUT2D eigenvalue weighted by atomic mass is 10.1. The Morgan fingerprint density at radius 2 is 1.48 bits per heavy atom. The van der Waals surface area contributed by atoms with Gasteiger partial charge in [-0.15, -0.1) is 0 Å². The first-order valence-corrected chi connectivity index (χ1v) is 7.72. The van der Waals surface area contributed by atoms with E-state index in [1.165, 1.54) is 4.90 Å².